The van der Waals surface area contributed by atoms with Crippen LogP contribution in [0.25, 0.3) is 5.69 Å². The van der Waals surface area contributed by atoms with Gasteiger partial charge in [-0.2, -0.15) is 5.10 Å². The maximum atomic E-state index is 13.0. The molecule has 3 aromatic rings. The van der Waals surface area contributed by atoms with Crippen molar-refractivity contribution in [3.63, 3.8) is 0 Å². The van der Waals surface area contributed by atoms with Crippen molar-refractivity contribution < 1.29 is 4.39 Å². The minimum Gasteiger partial charge on any atom is -0.315 e. The average Bonchev–Trinajstić information content (AvgIpc) is 3.23. The van der Waals surface area contributed by atoms with E-state index in [0.29, 0.717) is 5.92 Å². The number of halogens is 1. The van der Waals surface area contributed by atoms with Crippen LogP contribution in [0.3, 0.4) is 0 Å². The van der Waals surface area contributed by atoms with E-state index < -0.39 is 0 Å². The van der Waals surface area contributed by atoms with Crippen LogP contribution in [0.5, 0.6) is 0 Å². The maximum absolute atomic E-state index is 13.0. The summed E-state index contributed by atoms with van der Waals surface area (Å²) in [5.74, 6) is 2.46. The van der Waals surface area contributed by atoms with Crippen LogP contribution in [0.1, 0.15) is 23.6 Å². The molecule has 1 N–H and O–H groups in total. The van der Waals surface area contributed by atoms with Crippen LogP contribution < -0.4 is 5.32 Å². The average molecular weight is 340 g/mol. The zero-order valence-corrected chi connectivity index (χ0v) is 14.2. The highest BCUT2D eigenvalue weighted by molar-refractivity contribution is 5.31. The molecule has 130 valence electrons. The lowest BCUT2D eigenvalue weighted by Crippen LogP contribution is -2.30. The molecule has 0 saturated heterocycles. The fourth-order valence-electron chi connectivity index (χ4n) is 3.30. The topological polar surface area (TPSA) is 60.6 Å². The van der Waals surface area contributed by atoms with Gasteiger partial charge < -0.3 is 9.88 Å². The summed E-state index contributed by atoms with van der Waals surface area (Å²) in [5.41, 5.74) is 1.97. The number of rotatable bonds is 5. The lowest BCUT2D eigenvalue weighted by atomic mass is 9.99. The van der Waals surface area contributed by atoms with E-state index in [9.17, 15) is 4.39 Å². The monoisotopic (exact) mass is 340 g/mol. The minimum absolute atomic E-state index is 0.239. The van der Waals surface area contributed by atoms with Gasteiger partial charge in [0.25, 0.3) is 0 Å². The van der Waals surface area contributed by atoms with Gasteiger partial charge in [-0.3, -0.25) is 0 Å². The molecule has 0 radical (unpaired) electrons. The van der Waals surface area contributed by atoms with Crippen molar-refractivity contribution in [1.29, 1.82) is 0 Å². The Morgan fingerprint density at radius 3 is 2.92 bits per heavy atom. The number of fused-ring (bicyclic) bond motifs is 1. The Hall–Kier alpha value is -2.54. The summed E-state index contributed by atoms with van der Waals surface area (Å²) in [6.45, 7) is 4.72. The molecule has 0 saturated carbocycles. The van der Waals surface area contributed by atoms with E-state index in [1.165, 1.54) is 12.1 Å². The molecule has 1 atom stereocenters. The molecule has 0 bridgehead atoms. The first-order valence-electron chi connectivity index (χ1n) is 8.58. The first-order chi connectivity index (χ1) is 12.2. The molecule has 0 aliphatic carbocycles. The summed E-state index contributed by atoms with van der Waals surface area (Å²) >= 11 is 0. The molecule has 1 aliphatic rings. The van der Waals surface area contributed by atoms with E-state index in [2.05, 4.69) is 25.2 Å². The van der Waals surface area contributed by atoms with Crippen LogP contribution in [-0.4, -0.2) is 31.1 Å². The van der Waals surface area contributed by atoms with Crippen LogP contribution >= 0.6 is 0 Å². The molecule has 4 rings (SSSR count). The molecule has 0 amide bonds. The molecule has 7 heteroatoms. The molecular formula is C18H21FN6. The second kappa shape index (κ2) is 6.76. The zero-order valence-electron chi connectivity index (χ0n) is 14.2. The van der Waals surface area contributed by atoms with E-state index in [1.807, 2.05) is 19.3 Å². The number of aryl methyl sites for hydroxylation is 2. The summed E-state index contributed by atoms with van der Waals surface area (Å²) < 4.78 is 17.0. The second-order valence-electron chi connectivity index (χ2n) is 6.58. The summed E-state index contributed by atoms with van der Waals surface area (Å²) in [6.07, 6.45) is 5.96. The van der Waals surface area contributed by atoms with E-state index in [0.717, 1.165) is 55.4 Å². The van der Waals surface area contributed by atoms with Gasteiger partial charge in [-0.15, -0.1) is 10.2 Å². The van der Waals surface area contributed by atoms with Crippen molar-refractivity contribution in [2.24, 2.45) is 5.92 Å². The Bertz CT molecular complexity index is 851. The van der Waals surface area contributed by atoms with Gasteiger partial charge in [0.2, 0.25) is 0 Å². The molecule has 1 aliphatic heterocycles. The highest BCUT2D eigenvalue weighted by atomic mass is 19.1. The number of nitrogens with one attached hydrogen (secondary N) is 1. The minimum atomic E-state index is -0.239. The van der Waals surface area contributed by atoms with Gasteiger partial charge in [0.05, 0.1) is 11.9 Å². The van der Waals surface area contributed by atoms with Crippen molar-refractivity contribution in [3.05, 3.63) is 59.7 Å². The predicted octanol–water partition coefficient (Wildman–Crippen LogP) is 2.26. The smallest absolute Gasteiger partial charge is 0.133 e. The molecule has 3 heterocycles. The third-order valence-electron chi connectivity index (χ3n) is 4.72. The van der Waals surface area contributed by atoms with Gasteiger partial charge >= 0.3 is 0 Å². The Morgan fingerprint density at radius 1 is 1.24 bits per heavy atom. The second-order valence-corrected chi connectivity index (χ2v) is 6.58. The van der Waals surface area contributed by atoms with E-state index >= 15 is 0 Å². The Balaban J connectivity index is 1.31. The first-order valence-corrected chi connectivity index (χ1v) is 8.58. The molecule has 0 unspecified atom stereocenters. The van der Waals surface area contributed by atoms with E-state index in [-0.39, 0.29) is 5.82 Å². The van der Waals surface area contributed by atoms with Gasteiger partial charge in [-0.1, -0.05) is 0 Å². The molecule has 1 aromatic carbocycles. The number of hydrogen-bond acceptors (Lipinski definition) is 4. The molecule has 0 spiro atoms. The van der Waals surface area contributed by atoms with Crippen molar-refractivity contribution >= 4 is 0 Å². The van der Waals surface area contributed by atoms with E-state index in [4.69, 9.17) is 0 Å². The van der Waals surface area contributed by atoms with E-state index in [1.54, 1.807) is 16.8 Å². The van der Waals surface area contributed by atoms with Crippen LogP contribution in [0.2, 0.25) is 0 Å². The summed E-state index contributed by atoms with van der Waals surface area (Å²) in [6, 6.07) is 6.33. The predicted molar refractivity (Wildman–Crippen MR) is 91.8 cm³/mol. The van der Waals surface area contributed by atoms with Crippen molar-refractivity contribution in [2.45, 2.75) is 32.9 Å². The number of benzene rings is 1. The van der Waals surface area contributed by atoms with Gasteiger partial charge in [0, 0.05) is 31.3 Å². The Kier molecular flexibility index (Phi) is 4.31. The largest absolute Gasteiger partial charge is 0.315 e. The number of hydrogen-bond donors (Lipinski definition) is 1. The lowest BCUT2D eigenvalue weighted by molar-refractivity contribution is 0.344. The van der Waals surface area contributed by atoms with Crippen LogP contribution in [0.4, 0.5) is 4.39 Å². The van der Waals surface area contributed by atoms with Crippen molar-refractivity contribution in [2.75, 3.05) is 6.54 Å². The zero-order chi connectivity index (χ0) is 17.2. The normalized spacial score (nSPS) is 16.8. The molecule has 25 heavy (non-hydrogen) atoms. The highest BCUT2D eigenvalue weighted by Crippen LogP contribution is 2.19. The molecular weight excluding hydrogens is 319 g/mol. The van der Waals surface area contributed by atoms with Crippen LogP contribution in [-0.2, 0) is 19.5 Å². The van der Waals surface area contributed by atoms with Gasteiger partial charge in [0.1, 0.15) is 17.5 Å². The molecule has 6 nitrogen and oxygen atoms in total. The van der Waals surface area contributed by atoms with Gasteiger partial charge in [-0.05, 0) is 50.1 Å². The third-order valence-corrected chi connectivity index (χ3v) is 4.72. The molecule has 0 fully saturated rings. The first kappa shape index (κ1) is 16.0. The fraction of sp³-hybridized carbons (Fsp3) is 0.389. The summed E-state index contributed by atoms with van der Waals surface area (Å²) in [4.78, 5) is 0. The van der Waals surface area contributed by atoms with Gasteiger partial charge in [-0.25, -0.2) is 9.07 Å². The number of nitrogens with zero attached hydrogens (tertiary/aromatic N) is 5. The highest BCUT2D eigenvalue weighted by Gasteiger charge is 2.21. The maximum Gasteiger partial charge on any atom is 0.133 e. The molecule has 2 aromatic heterocycles. The quantitative estimate of drug-likeness (QED) is 0.774. The van der Waals surface area contributed by atoms with Crippen molar-refractivity contribution in [3.8, 4) is 5.69 Å². The van der Waals surface area contributed by atoms with Crippen molar-refractivity contribution in [1.82, 2.24) is 29.9 Å². The Morgan fingerprint density at radius 2 is 2.08 bits per heavy atom. The third kappa shape index (κ3) is 3.46. The van der Waals surface area contributed by atoms with Crippen LogP contribution in [0, 0.1) is 18.7 Å². The summed E-state index contributed by atoms with van der Waals surface area (Å²) in [7, 11) is 0. The van der Waals surface area contributed by atoms with Gasteiger partial charge in [0.15, 0.2) is 0 Å². The number of aromatic nitrogens is 5. The lowest BCUT2D eigenvalue weighted by Gasteiger charge is -2.24. The Labute approximate surface area is 145 Å². The standard InChI is InChI=1S/C18H21FN6/c1-13-22-23-18-7-2-14(11-24(13)18)8-20-9-15-10-21-25(12-15)17-5-3-16(19)4-6-17/h3-6,10,12,14,20H,2,7-9,11H2,1H3/t14-/m1/s1. The fourth-order valence-corrected chi connectivity index (χ4v) is 3.30. The summed E-state index contributed by atoms with van der Waals surface area (Å²) in [5, 5.41) is 16.2. The SMILES string of the molecule is Cc1nnc2n1C[C@@H](CNCc1cnn(-c3ccc(F)cc3)c1)CC2. The van der Waals surface area contributed by atoms with Crippen LogP contribution in [0.15, 0.2) is 36.7 Å².